The van der Waals surface area contributed by atoms with E-state index < -0.39 is 0 Å². The van der Waals surface area contributed by atoms with Gasteiger partial charge in [-0.2, -0.15) is 0 Å². The number of carbonyl (C=O) groups is 2. The van der Waals surface area contributed by atoms with Gasteiger partial charge in [0.2, 0.25) is 5.91 Å². The Kier molecular flexibility index (Phi) is 6.08. The second kappa shape index (κ2) is 8.29. The van der Waals surface area contributed by atoms with E-state index in [1.165, 1.54) is 39.3 Å². The van der Waals surface area contributed by atoms with Crippen LogP contribution in [0.4, 0.5) is 5.00 Å². The van der Waals surface area contributed by atoms with Crippen LogP contribution in [0.1, 0.15) is 41.1 Å². The van der Waals surface area contributed by atoms with E-state index in [9.17, 15) is 9.59 Å². The Hall–Kier alpha value is -1.45. The fourth-order valence-corrected chi connectivity index (χ4v) is 5.48. The molecule has 1 amide bonds. The fourth-order valence-electron chi connectivity index (χ4n) is 2.77. The molecule has 134 valence electrons. The van der Waals surface area contributed by atoms with E-state index in [1.54, 1.807) is 12.4 Å². The summed E-state index contributed by atoms with van der Waals surface area (Å²) in [6.07, 6.45) is 2.86. The molecule has 1 unspecified atom stereocenters. The van der Waals surface area contributed by atoms with Gasteiger partial charge in [-0.05, 0) is 37.7 Å². The zero-order chi connectivity index (χ0) is 17.8. The standard InChI is InChI=1S/C16H19N3O3S3/c1-3-22-15(21)13-10-5-4-9(2)6-11(10)25-14(13)18-12(20)7-23-16-19-17-8-24-16/h8-9H,3-7H2,1-2H3,(H,18,20). The number of thiophene rings is 1. The van der Waals surface area contributed by atoms with E-state index >= 15 is 0 Å². The molecule has 0 aliphatic heterocycles. The summed E-state index contributed by atoms with van der Waals surface area (Å²) in [5.41, 5.74) is 3.23. The average molecular weight is 398 g/mol. The predicted octanol–water partition coefficient (Wildman–Crippen LogP) is 3.63. The number of hydrogen-bond acceptors (Lipinski definition) is 8. The average Bonchev–Trinajstić information content (AvgIpc) is 3.19. The zero-order valence-electron chi connectivity index (χ0n) is 14.0. The van der Waals surface area contributed by atoms with E-state index in [0.29, 0.717) is 23.1 Å². The summed E-state index contributed by atoms with van der Waals surface area (Å²) in [4.78, 5) is 25.9. The Morgan fingerprint density at radius 2 is 2.32 bits per heavy atom. The second-order valence-corrected chi connectivity index (χ2v) is 8.98. The Balaban J connectivity index is 1.77. The maximum absolute atomic E-state index is 12.4. The van der Waals surface area contributed by atoms with Crippen LogP contribution in [0.5, 0.6) is 0 Å². The summed E-state index contributed by atoms with van der Waals surface area (Å²) in [6.45, 7) is 4.32. The molecule has 9 heteroatoms. The third-order valence-electron chi connectivity index (χ3n) is 3.91. The second-order valence-electron chi connectivity index (χ2n) is 5.82. The highest BCUT2D eigenvalue weighted by atomic mass is 32.2. The number of carbonyl (C=O) groups excluding carboxylic acids is 2. The van der Waals surface area contributed by atoms with Crippen LogP contribution in [0.2, 0.25) is 0 Å². The van der Waals surface area contributed by atoms with Crippen molar-refractivity contribution in [2.24, 2.45) is 5.92 Å². The number of rotatable bonds is 6. The molecule has 2 aromatic heterocycles. The first-order valence-corrected chi connectivity index (χ1v) is 10.8. The Morgan fingerprint density at radius 1 is 1.48 bits per heavy atom. The summed E-state index contributed by atoms with van der Waals surface area (Å²) < 4.78 is 5.96. The lowest BCUT2D eigenvalue weighted by Crippen LogP contribution is -2.17. The van der Waals surface area contributed by atoms with Crippen LogP contribution in [0.15, 0.2) is 9.85 Å². The van der Waals surface area contributed by atoms with Gasteiger partial charge in [0.25, 0.3) is 0 Å². The highest BCUT2D eigenvalue weighted by Crippen LogP contribution is 2.40. The molecule has 0 radical (unpaired) electrons. The molecule has 0 aromatic carbocycles. The van der Waals surface area contributed by atoms with Gasteiger partial charge in [0.15, 0.2) is 4.34 Å². The van der Waals surface area contributed by atoms with Crippen LogP contribution >= 0.6 is 34.4 Å². The van der Waals surface area contributed by atoms with Gasteiger partial charge in [0.05, 0.1) is 17.9 Å². The summed E-state index contributed by atoms with van der Waals surface area (Å²) in [5.74, 6) is 0.327. The van der Waals surface area contributed by atoms with Gasteiger partial charge in [-0.25, -0.2) is 4.79 Å². The van der Waals surface area contributed by atoms with Gasteiger partial charge in [-0.3, -0.25) is 4.79 Å². The van der Waals surface area contributed by atoms with Gasteiger partial charge in [0.1, 0.15) is 10.5 Å². The molecule has 0 fully saturated rings. The van der Waals surface area contributed by atoms with E-state index in [1.807, 2.05) is 0 Å². The molecule has 0 saturated heterocycles. The van der Waals surface area contributed by atoms with E-state index in [2.05, 4.69) is 22.4 Å². The lowest BCUT2D eigenvalue weighted by Gasteiger charge is -2.18. The molecule has 25 heavy (non-hydrogen) atoms. The first-order valence-electron chi connectivity index (χ1n) is 8.09. The quantitative estimate of drug-likeness (QED) is 0.592. The zero-order valence-corrected chi connectivity index (χ0v) is 16.5. The highest BCUT2D eigenvalue weighted by molar-refractivity contribution is 8.01. The normalized spacial score (nSPS) is 16.3. The van der Waals surface area contributed by atoms with Crippen molar-refractivity contribution in [2.45, 2.75) is 37.4 Å². The number of nitrogens with one attached hydrogen (secondary N) is 1. The molecule has 1 aliphatic carbocycles. The van der Waals surface area contributed by atoms with Crippen molar-refractivity contribution in [1.82, 2.24) is 10.2 Å². The largest absolute Gasteiger partial charge is 0.462 e. The lowest BCUT2D eigenvalue weighted by molar-refractivity contribution is -0.113. The molecule has 2 aromatic rings. The molecular weight excluding hydrogens is 378 g/mol. The number of amides is 1. The highest BCUT2D eigenvalue weighted by Gasteiger charge is 2.29. The molecule has 0 spiro atoms. The minimum atomic E-state index is -0.346. The molecular formula is C16H19N3O3S3. The van der Waals surface area contributed by atoms with Gasteiger partial charge >= 0.3 is 5.97 Å². The van der Waals surface area contributed by atoms with Crippen LogP contribution in [0, 0.1) is 5.92 Å². The van der Waals surface area contributed by atoms with Crippen molar-refractivity contribution in [3.8, 4) is 0 Å². The van der Waals surface area contributed by atoms with Crippen molar-refractivity contribution in [3.63, 3.8) is 0 Å². The number of hydrogen-bond donors (Lipinski definition) is 1. The van der Waals surface area contributed by atoms with Gasteiger partial charge < -0.3 is 10.1 Å². The predicted molar refractivity (Wildman–Crippen MR) is 101 cm³/mol. The first-order chi connectivity index (χ1) is 12.1. The van der Waals surface area contributed by atoms with Crippen molar-refractivity contribution in [2.75, 3.05) is 17.7 Å². The number of fused-ring (bicyclic) bond motifs is 1. The van der Waals surface area contributed by atoms with Crippen molar-refractivity contribution in [1.29, 1.82) is 0 Å². The summed E-state index contributed by atoms with van der Waals surface area (Å²) in [5, 5.41) is 11.2. The number of thioether (sulfide) groups is 1. The maximum atomic E-state index is 12.4. The third kappa shape index (κ3) is 4.39. The number of ether oxygens (including phenoxy) is 1. The van der Waals surface area contributed by atoms with Crippen LogP contribution in [0.25, 0.3) is 0 Å². The monoisotopic (exact) mass is 397 g/mol. The summed E-state index contributed by atoms with van der Waals surface area (Å²) in [6, 6.07) is 0. The van der Waals surface area contributed by atoms with Gasteiger partial charge in [0, 0.05) is 4.88 Å². The molecule has 0 bridgehead atoms. The topological polar surface area (TPSA) is 81.2 Å². The summed E-state index contributed by atoms with van der Waals surface area (Å²) >= 11 is 4.24. The van der Waals surface area contributed by atoms with Crippen molar-refractivity contribution >= 4 is 51.3 Å². The minimum Gasteiger partial charge on any atom is -0.462 e. The molecule has 2 heterocycles. The number of aromatic nitrogens is 2. The van der Waals surface area contributed by atoms with Crippen molar-refractivity contribution in [3.05, 3.63) is 21.5 Å². The van der Waals surface area contributed by atoms with E-state index in [-0.39, 0.29) is 17.6 Å². The van der Waals surface area contributed by atoms with Crippen LogP contribution in [0.3, 0.4) is 0 Å². The van der Waals surface area contributed by atoms with Crippen LogP contribution in [-0.2, 0) is 22.4 Å². The molecule has 1 aliphatic rings. The van der Waals surface area contributed by atoms with Crippen molar-refractivity contribution < 1.29 is 14.3 Å². The number of nitrogens with zero attached hydrogens (tertiary/aromatic N) is 2. The minimum absolute atomic E-state index is 0.155. The van der Waals surface area contributed by atoms with E-state index in [4.69, 9.17) is 4.74 Å². The van der Waals surface area contributed by atoms with Crippen LogP contribution < -0.4 is 5.32 Å². The molecule has 3 rings (SSSR count). The molecule has 1 N–H and O–H groups in total. The Labute approximate surface area is 158 Å². The van der Waals surface area contributed by atoms with Gasteiger partial charge in [-0.1, -0.05) is 30.0 Å². The number of anilines is 1. The van der Waals surface area contributed by atoms with Crippen LogP contribution in [-0.4, -0.2) is 34.4 Å². The molecule has 0 saturated carbocycles. The molecule has 6 nitrogen and oxygen atoms in total. The van der Waals surface area contributed by atoms with Gasteiger partial charge in [-0.15, -0.1) is 21.5 Å². The maximum Gasteiger partial charge on any atom is 0.341 e. The third-order valence-corrected chi connectivity index (χ3v) is 6.94. The number of esters is 1. The Bertz CT molecular complexity index is 758. The SMILES string of the molecule is CCOC(=O)c1c(NC(=O)CSc2nncs2)sc2c1CCC(C)C2. The Morgan fingerprint density at radius 3 is 3.04 bits per heavy atom. The van der Waals surface area contributed by atoms with E-state index in [0.717, 1.165) is 29.2 Å². The molecule has 1 atom stereocenters. The first kappa shape index (κ1) is 18.3. The fraction of sp³-hybridized carbons (Fsp3) is 0.500. The lowest BCUT2D eigenvalue weighted by atomic mass is 9.88. The smallest absolute Gasteiger partial charge is 0.341 e. The summed E-state index contributed by atoms with van der Waals surface area (Å²) in [7, 11) is 0.